The van der Waals surface area contributed by atoms with Crippen molar-refractivity contribution in [1.29, 1.82) is 0 Å². The molecule has 2 aromatic rings. The lowest BCUT2D eigenvalue weighted by molar-refractivity contribution is -0.137. The van der Waals surface area contributed by atoms with Gasteiger partial charge in [-0.1, -0.05) is 24.6 Å². The molecule has 0 aliphatic carbocycles. The molecule has 3 N–H and O–H groups in total. The second-order valence-corrected chi connectivity index (χ2v) is 7.53. The zero-order valence-electron chi connectivity index (χ0n) is 14.9. The van der Waals surface area contributed by atoms with Crippen LogP contribution in [-0.4, -0.2) is 57.0 Å². The van der Waals surface area contributed by atoms with Gasteiger partial charge in [0.2, 0.25) is 5.91 Å². The Labute approximate surface area is 161 Å². The van der Waals surface area contributed by atoms with E-state index in [1.54, 1.807) is 22.9 Å². The summed E-state index contributed by atoms with van der Waals surface area (Å²) in [4.78, 5) is 40.7. The largest absolute Gasteiger partial charge is 0.481 e. The summed E-state index contributed by atoms with van der Waals surface area (Å²) in [6.45, 7) is 0.495. The Bertz CT molecular complexity index is 835. The van der Waals surface area contributed by atoms with Crippen molar-refractivity contribution in [1.82, 2.24) is 15.2 Å². The molecule has 1 aliphatic heterocycles. The third-order valence-electron chi connectivity index (χ3n) is 4.63. The van der Waals surface area contributed by atoms with Gasteiger partial charge in [-0.25, -0.2) is 0 Å². The number of carbonyl (C=O) groups excluding carboxylic acids is 2. The van der Waals surface area contributed by atoms with E-state index < -0.39 is 12.0 Å². The number of amides is 2. The van der Waals surface area contributed by atoms with Gasteiger partial charge >= 0.3 is 5.97 Å². The molecule has 1 aromatic heterocycles. The number of rotatable bonds is 8. The Morgan fingerprint density at radius 2 is 2.04 bits per heavy atom. The maximum atomic E-state index is 13.0. The molecule has 0 bridgehead atoms. The molecule has 0 radical (unpaired) electrons. The van der Waals surface area contributed by atoms with Crippen LogP contribution in [0.3, 0.4) is 0 Å². The van der Waals surface area contributed by atoms with E-state index in [1.165, 1.54) is 0 Å². The number of hydrogen-bond acceptors (Lipinski definition) is 4. The van der Waals surface area contributed by atoms with Crippen molar-refractivity contribution in [3.8, 4) is 0 Å². The number of aromatic amines is 1. The van der Waals surface area contributed by atoms with E-state index in [1.807, 2.05) is 24.3 Å². The van der Waals surface area contributed by atoms with Crippen LogP contribution in [0, 0.1) is 0 Å². The van der Waals surface area contributed by atoms with Crippen molar-refractivity contribution >= 4 is 40.4 Å². The summed E-state index contributed by atoms with van der Waals surface area (Å²) in [6.07, 6.45) is 3.95. The molecule has 27 heavy (non-hydrogen) atoms. The lowest BCUT2D eigenvalue weighted by Crippen LogP contribution is -2.47. The third-order valence-corrected chi connectivity index (χ3v) is 5.64. The molecule has 144 valence electrons. The molecule has 0 spiro atoms. The average Bonchev–Trinajstić information content (AvgIpc) is 3.30. The number of nitrogens with one attached hydrogen (secondary N) is 2. The zero-order valence-corrected chi connectivity index (χ0v) is 15.8. The van der Waals surface area contributed by atoms with Gasteiger partial charge in [-0.15, -0.1) is 11.8 Å². The monoisotopic (exact) mass is 389 g/mol. The molecule has 2 heterocycles. The molecular formula is C19H23N3O4S. The number of benzene rings is 1. The SMILES string of the molecule is O=C(O)CCCCCNC(=O)C1CSCN1C(=O)c1c[nH]c2ccccc12. The quantitative estimate of drug-likeness (QED) is 0.602. The highest BCUT2D eigenvalue weighted by Crippen LogP contribution is 2.26. The molecule has 3 rings (SSSR count). The van der Waals surface area contributed by atoms with Crippen LogP contribution in [-0.2, 0) is 9.59 Å². The van der Waals surface area contributed by atoms with Crippen LogP contribution >= 0.6 is 11.8 Å². The van der Waals surface area contributed by atoms with E-state index in [2.05, 4.69) is 10.3 Å². The Balaban J connectivity index is 1.56. The minimum Gasteiger partial charge on any atom is -0.481 e. The normalized spacial score (nSPS) is 16.6. The number of carboxylic acid groups (broad SMARTS) is 1. The number of carboxylic acids is 1. The average molecular weight is 389 g/mol. The number of aliphatic carboxylic acids is 1. The summed E-state index contributed by atoms with van der Waals surface area (Å²) < 4.78 is 0. The Morgan fingerprint density at radius 3 is 2.85 bits per heavy atom. The summed E-state index contributed by atoms with van der Waals surface area (Å²) >= 11 is 1.57. The smallest absolute Gasteiger partial charge is 0.303 e. The first-order chi connectivity index (χ1) is 13.1. The minimum absolute atomic E-state index is 0.140. The summed E-state index contributed by atoms with van der Waals surface area (Å²) in [5.41, 5.74) is 1.48. The molecule has 1 unspecified atom stereocenters. The van der Waals surface area contributed by atoms with E-state index in [0.29, 0.717) is 30.2 Å². The van der Waals surface area contributed by atoms with Crippen molar-refractivity contribution in [2.75, 3.05) is 18.2 Å². The predicted molar refractivity (Wildman–Crippen MR) is 105 cm³/mol. The molecule has 2 amide bonds. The second-order valence-electron chi connectivity index (χ2n) is 6.53. The zero-order chi connectivity index (χ0) is 19.2. The number of carbonyl (C=O) groups is 3. The first kappa shape index (κ1) is 19.3. The molecule has 1 aromatic carbocycles. The van der Waals surface area contributed by atoms with Gasteiger partial charge in [0, 0.05) is 35.8 Å². The van der Waals surface area contributed by atoms with Gasteiger partial charge in [-0.3, -0.25) is 14.4 Å². The number of H-pyrrole nitrogens is 1. The molecule has 1 aliphatic rings. The second kappa shape index (κ2) is 8.94. The van der Waals surface area contributed by atoms with Gasteiger partial charge in [-0.2, -0.15) is 0 Å². The van der Waals surface area contributed by atoms with Crippen LogP contribution in [0.1, 0.15) is 36.0 Å². The van der Waals surface area contributed by atoms with Crippen LogP contribution < -0.4 is 5.32 Å². The first-order valence-corrected chi connectivity index (χ1v) is 10.2. The van der Waals surface area contributed by atoms with Gasteiger partial charge in [0.05, 0.1) is 11.4 Å². The van der Waals surface area contributed by atoms with Gasteiger partial charge in [0.15, 0.2) is 0 Å². The minimum atomic E-state index is -0.798. The highest BCUT2D eigenvalue weighted by Gasteiger charge is 2.35. The fourth-order valence-electron chi connectivity index (χ4n) is 3.17. The van der Waals surface area contributed by atoms with Gasteiger partial charge in [0.25, 0.3) is 5.91 Å². The van der Waals surface area contributed by atoms with Crippen molar-refractivity contribution in [2.45, 2.75) is 31.7 Å². The Kier molecular flexibility index (Phi) is 6.39. The molecule has 1 saturated heterocycles. The summed E-state index contributed by atoms with van der Waals surface area (Å²) in [5.74, 6) is -0.00696. The first-order valence-electron chi connectivity index (χ1n) is 9.02. The van der Waals surface area contributed by atoms with Crippen LogP contribution in [0.2, 0.25) is 0 Å². The van der Waals surface area contributed by atoms with Crippen molar-refractivity contribution in [2.24, 2.45) is 0 Å². The lowest BCUT2D eigenvalue weighted by atomic mass is 10.1. The van der Waals surface area contributed by atoms with Gasteiger partial charge < -0.3 is 20.3 Å². The highest BCUT2D eigenvalue weighted by molar-refractivity contribution is 7.99. The van der Waals surface area contributed by atoms with Crippen LogP contribution in [0.25, 0.3) is 10.9 Å². The topological polar surface area (TPSA) is 102 Å². The summed E-state index contributed by atoms with van der Waals surface area (Å²) in [5, 5.41) is 12.4. The number of thioether (sulfide) groups is 1. The molecule has 0 saturated carbocycles. The lowest BCUT2D eigenvalue weighted by Gasteiger charge is -2.23. The number of fused-ring (bicyclic) bond motifs is 1. The maximum absolute atomic E-state index is 13.0. The summed E-state index contributed by atoms with van der Waals surface area (Å²) in [7, 11) is 0. The Hall–Kier alpha value is -2.48. The summed E-state index contributed by atoms with van der Waals surface area (Å²) in [6, 6.07) is 7.13. The van der Waals surface area contributed by atoms with E-state index in [4.69, 9.17) is 5.11 Å². The number of nitrogens with zero attached hydrogens (tertiary/aromatic N) is 1. The fourth-order valence-corrected chi connectivity index (χ4v) is 4.32. The molecular weight excluding hydrogens is 366 g/mol. The van der Waals surface area contributed by atoms with Crippen molar-refractivity contribution < 1.29 is 19.5 Å². The highest BCUT2D eigenvalue weighted by atomic mass is 32.2. The van der Waals surface area contributed by atoms with E-state index >= 15 is 0 Å². The predicted octanol–water partition coefficient (Wildman–Crippen LogP) is 2.44. The number of aromatic nitrogens is 1. The van der Waals surface area contributed by atoms with Gasteiger partial charge in [-0.05, 0) is 18.9 Å². The van der Waals surface area contributed by atoms with Crippen LogP contribution in [0.4, 0.5) is 0 Å². The van der Waals surface area contributed by atoms with E-state index in [0.717, 1.165) is 23.7 Å². The number of unbranched alkanes of at least 4 members (excludes halogenated alkanes) is 2. The maximum Gasteiger partial charge on any atom is 0.303 e. The van der Waals surface area contributed by atoms with Crippen LogP contribution in [0.5, 0.6) is 0 Å². The van der Waals surface area contributed by atoms with E-state index in [-0.39, 0.29) is 18.2 Å². The van der Waals surface area contributed by atoms with E-state index in [9.17, 15) is 14.4 Å². The molecule has 1 atom stereocenters. The molecule has 1 fully saturated rings. The fraction of sp³-hybridized carbons (Fsp3) is 0.421. The van der Waals surface area contributed by atoms with Crippen LogP contribution in [0.15, 0.2) is 30.5 Å². The number of para-hydroxylation sites is 1. The van der Waals surface area contributed by atoms with Crippen molar-refractivity contribution in [3.05, 3.63) is 36.0 Å². The van der Waals surface area contributed by atoms with Crippen molar-refractivity contribution in [3.63, 3.8) is 0 Å². The molecule has 8 heteroatoms. The third kappa shape index (κ3) is 4.63. The molecule has 7 nitrogen and oxygen atoms in total. The number of hydrogen-bond donors (Lipinski definition) is 3. The Morgan fingerprint density at radius 1 is 1.22 bits per heavy atom. The van der Waals surface area contributed by atoms with Gasteiger partial charge in [0.1, 0.15) is 6.04 Å². The standard InChI is InChI=1S/C19H23N3O4S/c23-17(24)8-2-1-5-9-20-18(25)16-11-27-12-22(16)19(26)14-10-21-15-7-4-3-6-13(14)15/h3-4,6-7,10,16,21H,1-2,5,8-9,11-12H2,(H,20,25)(H,23,24).